The predicted octanol–water partition coefficient (Wildman–Crippen LogP) is 1.59. The molecule has 0 saturated carbocycles. The predicted molar refractivity (Wildman–Crippen MR) is 56.7 cm³/mol. The fraction of sp³-hybridized carbons (Fsp3) is 0.818. The summed E-state index contributed by atoms with van der Waals surface area (Å²) in [6, 6.07) is 0.272. The van der Waals surface area contributed by atoms with Gasteiger partial charge < -0.3 is 14.6 Å². The number of aromatic nitrogens is 2. The van der Waals surface area contributed by atoms with Gasteiger partial charge in [-0.2, -0.15) is 4.98 Å². The Kier molecular flexibility index (Phi) is 2.65. The summed E-state index contributed by atoms with van der Waals surface area (Å²) in [6.07, 6.45) is 3.36. The molecule has 2 saturated heterocycles. The van der Waals surface area contributed by atoms with Gasteiger partial charge in [0.1, 0.15) is 6.10 Å². The van der Waals surface area contributed by atoms with Gasteiger partial charge in [0.05, 0.1) is 6.04 Å². The van der Waals surface area contributed by atoms with Crippen molar-refractivity contribution in [2.45, 2.75) is 38.3 Å². The van der Waals surface area contributed by atoms with Crippen molar-refractivity contribution in [2.75, 3.05) is 13.2 Å². The number of hydrogen-bond acceptors (Lipinski definition) is 5. The Morgan fingerprint density at radius 3 is 3.00 bits per heavy atom. The molecule has 0 aliphatic carbocycles. The van der Waals surface area contributed by atoms with Gasteiger partial charge in [-0.05, 0) is 31.7 Å². The van der Waals surface area contributed by atoms with E-state index in [1.807, 2.05) is 0 Å². The summed E-state index contributed by atoms with van der Waals surface area (Å²) in [5.74, 6) is 1.91. The van der Waals surface area contributed by atoms with Crippen LogP contribution in [0.2, 0.25) is 0 Å². The summed E-state index contributed by atoms with van der Waals surface area (Å²) < 4.78 is 10.9. The van der Waals surface area contributed by atoms with Gasteiger partial charge in [-0.1, -0.05) is 12.1 Å². The van der Waals surface area contributed by atoms with Crippen LogP contribution in [0.3, 0.4) is 0 Å². The van der Waals surface area contributed by atoms with Crippen LogP contribution in [0.1, 0.15) is 50.0 Å². The average molecular weight is 223 g/mol. The average Bonchev–Trinajstić information content (AvgIpc) is 2.96. The number of ether oxygens (including phenoxy) is 1. The molecule has 0 amide bonds. The number of nitrogens with one attached hydrogen (secondary N) is 1. The van der Waals surface area contributed by atoms with E-state index in [1.54, 1.807) is 0 Å². The molecule has 0 aromatic carbocycles. The second-order valence-corrected chi connectivity index (χ2v) is 4.70. The summed E-state index contributed by atoms with van der Waals surface area (Å²) >= 11 is 0. The third-order valence-electron chi connectivity index (χ3n) is 3.46. The van der Waals surface area contributed by atoms with Crippen molar-refractivity contribution in [2.24, 2.45) is 5.92 Å². The Morgan fingerprint density at radius 2 is 2.31 bits per heavy atom. The number of rotatable bonds is 2. The molecule has 16 heavy (non-hydrogen) atoms. The summed E-state index contributed by atoms with van der Waals surface area (Å²) in [7, 11) is 0. The van der Waals surface area contributed by atoms with Crippen LogP contribution in [0.5, 0.6) is 0 Å². The third-order valence-corrected chi connectivity index (χ3v) is 3.46. The zero-order chi connectivity index (χ0) is 11.0. The van der Waals surface area contributed by atoms with Crippen LogP contribution in [0.25, 0.3) is 0 Å². The van der Waals surface area contributed by atoms with E-state index < -0.39 is 0 Å². The van der Waals surface area contributed by atoms with Crippen molar-refractivity contribution in [1.29, 1.82) is 0 Å². The molecule has 5 nitrogen and oxygen atoms in total. The van der Waals surface area contributed by atoms with Crippen LogP contribution in [-0.2, 0) is 4.74 Å². The maximum Gasteiger partial charge on any atom is 0.256 e. The fourth-order valence-electron chi connectivity index (χ4n) is 2.42. The standard InChI is InChI=1S/C11H17N3O2/c1-7-4-6-15-9(7)11-13-10(14-16-11)8-3-2-5-12-8/h7-9,12H,2-6H2,1H3. The van der Waals surface area contributed by atoms with E-state index >= 15 is 0 Å². The van der Waals surface area contributed by atoms with Gasteiger partial charge in [0.15, 0.2) is 5.82 Å². The van der Waals surface area contributed by atoms with Gasteiger partial charge in [-0.25, -0.2) is 0 Å². The van der Waals surface area contributed by atoms with Gasteiger partial charge in [-0.15, -0.1) is 0 Å². The van der Waals surface area contributed by atoms with Crippen molar-refractivity contribution in [3.8, 4) is 0 Å². The van der Waals surface area contributed by atoms with Crippen molar-refractivity contribution in [1.82, 2.24) is 15.5 Å². The van der Waals surface area contributed by atoms with Crippen molar-refractivity contribution in [3.05, 3.63) is 11.7 Å². The van der Waals surface area contributed by atoms with E-state index in [9.17, 15) is 0 Å². The molecular formula is C11H17N3O2. The molecule has 0 spiro atoms. The lowest BCUT2D eigenvalue weighted by molar-refractivity contribution is 0.0661. The molecule has 1 aromatic heterocycles. The minimum absolute atomic E-state index is 0.00246. The lowest BCUT2D eigenvalue weighted by Crippen LogP contribution is -2.14. The lowest BCUT2D eigenvalue weighted by atomic mass is 10.0. The molecule has 2 aliphatic heterocycles. The highest BCUT2D eigenvalue weighted by Gasteiger charge is 2.32. The fourth-order valence-corrected chi connectivity index (χ4v) is 2.42. The maximum atomic E-state index is 5.61. The van der Waals surface area contributed by atoms with E-state index in [4.69, 9.17) is 9.26 Å². The molecule has 3 unspecified atom stereocenters. The van der Waals surface area contributed by atoms with Gasteiger partial charge in [0, 0.05) is 6.61 Å². The summed E-state index contributed by atoms with van der Waals surface area (Å²) in [5.41, 5.74) is 0. The summed E-state index contributed by atoms with van der Waals surface area (Å²) in [6.45, 7) is 4.01. The molecule has 3 heterocycles. The number of nitrogens with zero attached hydrogens (tertiary/aromatic N) is 2. The van der Waals surface area contributed by atoms with Gasteiger partial charge in [0.2, 0.25) is 0 Å². The topological polar surface area (TPSA) is 60.2 Å². The highest BCUT2D eigenvalue weighted by atomic mass is 16.5. The molecule has 0 bridgehead atoms. The Balaban J connectivity index is 1.76. The maximum absolute atomic E-state index is 5.61. The van der Waals surface area contributed by atoms with E-state index in [1.165, 1.54) is 6.42 Å². The molecule has 88 valence electrons. The Morgan fingerprint density at radius 1 is 1.38 bits per heavy atom. The third kappa shape index (κ3) is 1.74. The normalized spacial score (nSPS) is 34.7. The van der Waals surface area contributed by atoms with Crippen LogP contribution >= 0.6 is 0 Å². The van der Waals surface area contributed by atoms with Crippen LogP contribution < -0.4 is 5.32 Å². The largest absolute Gasteiger partial charge is 0.368 e. The number of hydrogen-bond donors (Lipinski definition) is 1. The molecular weight excluding hydrogens is 206 g/mol. The van der Waals surface area contributed by atoms with Crippen LogP contribution in [0.15, 0.2) is 4.52 Å². The molecule has 3 atom stereocenters. The van der Waals surface area contributed by atoms with Crippen molar-refractivity contribution < 1.29 is 9.26 Å². The second-order valence-electron chi connectivity index (χ2n) is 4.70. The zero-order valence-corrected chi connectivity index (χ0v) is 9.48. The highest BCUT2D eigenvalue weighted by Crippen LogP contribution is 2.33. The summed E-state index contributed by atoms with van der Waals surface area (Å²) in [5, 5.41) is 7.41. The van der Waals surface area contributed by atoms with Gasteiger partial charge in [0.25, 0.3) is 5.89 Å². The smallest absolute Gasteiger partial charge is 0.256 e. The summed E-state index contributed by atoms with van der Waals surface area (Å²) in [4.78, 5) is 4.46. The van der Waals surface area contributed by atoms with Crippen molar-refractivity contribution in [3.63, 3.8) is 0 Å². The molecule has 1 N–H and O–H groups in total. The quantitative estimate of drug-likeness (QED) is 0.825. The van der Waals surface area contributed by atoms with Crippen LogP contribution in [0.4, 0.5) is 0 Å². The molecule has 3 rings (SSSR count). The van der Waals surface area contributed by atoms with E-state index in [-0.39, 0.29) is 12.1 Å². The molecule has 5 heteroatoms. The second kappa shape index (κ2) is 4.14. The van der Waals surface area contributed by atoms with Crippen molar-refractivity contribution >= 4 is 0 Å². The van der Waals surface area contributed by atoms with Gasteiger partial charge >= 0.3 is 0 Å². The molecule has 1 aromatic rings. The monoisotopic (exact) mass is 223 g/mol. The molecule has 0 radical (unpaired) electrons. The molecule has 2 aliphatic rings. The minimum Gasteiger partial charge on any atom is -0.368 e. The van der Waals surface area contributed by atoms with E-state index in [0.717, 1.165) is 31.8 Å². The molecule has 2 fully saturated rings. The van der Waals surface area contributed by atoms with Gasteiger partial charge in [-0.3, -0.25) is 0 Å². The minimum atomic E-state index is 0.00246. The first kappa shape index (κ1) is 10.2. The highest BCUT2D eigenvalue weighted by molar-refractivity contribution is 5.00. The first-order valence-corrected chi connectivity index (χ1v) is 6.03. The lowest BCUT2D eigenvalue weighted by Gasteiger charge is -2.08. The SMILES string of the molecule is CC1CCOC1c1nc(C2CCCN2)no1. The Bertz CT molecular complexity index is 360. The Labute approximate surface area is 94.6 Å². The Hall–Kier alpha value is -0.940. The van der Waals surface area contributed by atoms with Crippen LogP contribution in [-0.4, -0.2) is 23.3 Å². The van der Waals surface area contributed by atoms with Crippen LogP contribution in [0, 0.1) is 5.92 Å². The van der Waals surface area contributed by atoms with E-state index in [2.05, 4.69) is 22.4 Å². The first-order valence-electron chi connectivity index (χ1n) is 6.03. The van der Waals surface area contributed by atoms with E-state index in [0.29, 0.717) is 11.8 Å². The zero-order valence-electron chi connectivity index (χ0n) is 9.48. The first-order chi connectivity index (χ1) is 7.84.